The second-order valence-electron chi connectivity index (χ2n) is 4.50. The van der Waals surface area contributed by atoms with Crippen LogP contribution >= 0.6 is 0 Å². The third-order valence-corrected chi connectivity index (χ3v) is 3.31. The van der Waals surface area contributed by atoms with Crippen molar-refractivity contribution in [2.45, 2.75) is 6.92 Å². The molecule has 3 aromatic rings. The number of aryl methyl sites for hydroxylation is 1. The van der Waals surface area contributed by atoms with Crippen LogP contribution in [0.2, 0.25) is 0 Å². The molecule has 0 atom stereocenters. The van der Waals surface area contributed by atoms with Gasteiger partial charge in [-0.15, -0.1) is 0 Å². The number of aromatic nitrogens is 1. The molecule has 0 unspecified atom stereocenters. The zero-order valence-electron chi connectivity index (χ0n) is 10.6. The average molecular weight is 244 g/mol. The molecule has 0 aliphatic rings. The molecule has 0 aliphatic carbocycles. The average Bonchev–Trinajstić information content (AvgIpc) is 2.46. The summed E-state index contributed by atoms with van der Waals surface area (Å²) < 4.78 is 0. The van der Waals surface area contributed by atoms with Gasteiger partial charge in [0.1, 0.15) is 6.07 Å². The first-order valence-corrected chi connectivity index (χ1v) is 6.15. The van der Waals surface area contributed by atoms with Crippen LogP contribution in [0, 0.1) is 18.3 Å². The summed E-state index contributed by atoms with van der Waals surface area (Å²) >= 11 is 0. The van der Waals surface area contributed by atoms with Crippen molar-refractivity contribution in [1.29, 1.82) is 5.26 Å². The first-order valence-electron chi connectivity index (χ1n) is 6.15. The van der Waals surface area contributed by atoms with Gasteiger partial charge in [-0.2, -0.15) is 5.26 Å². The normalized spacial score (nSPS) is 10.3. The van der Waals surface area contributed by atoms with Crippen molar-refractivity contribution in [3.63, 3.8) is 0 Å². The molecular formula is C17H12N2. The van der Waals surface area contributed by atoms with E-state index in [1.807, 2.05) is 61.7 Å². The molecule has 19 heavy (non-hydrogen) atoms. The molecule has 0 radical (unpaired) electrons. The molecule has 0 saturated carbocycles. The van der Waals surface area contributed by atoms with E-state index < -0.39 is 0 Å². The second-order valence-corrected chi connectivity index (χ2v) is 4.50. The van der Waals surface area contributed by atoms with E-state index in [1.165, 1.54) is 0 Å². The SMILES string of the molecule is Cc1ccccc1-c1ncc2ccccc2c1C#N. The molecule has 1 aromatic heterocycles. The number of benzene rings is 2. The molecule has 1 heterocycles. The van der Waals surface area contributed by atoms with Crippen molar-refractivity contribution in [3.05, 3.63) is 65.9 Å². The molecule has 0 aliphatic heterocycles. The molecule has 2 aromatic carbocycles. The predicted molar refractivity (Wildman–Crippen MR) is 76.6 cm³/mol. The van der Waals surface area contributed by atoms with Gasteiger partial charge in [-0.3, -0.25) is 4.98 Å². The first kappa shape index (κ1) is 11.4. The van der Waals surface area contributed by atoms with Crippen LogP contribution in [-0.4, -0.2) is 4.98 Å². The molecule has 3 rings (SSSR count). The lowest BCUT2D eigenvalue weighted by atomic mass is 9.98. The van der Waals surface area contributed by atoms with Crippen molar-refractivity contribution >= 4 is 10.8 Å². The summed E-state index contributed by atoms with van der Waals surface area (Å²) in [5.74, 6) is 0. The van der Waals surface area contributed by atoms with Gasteiger partial charge in [0.05, 0.1) is 11.3 Å². The Morgan fingerprint density at radius 3 is 2.53 bits per heavy atom. The minimum atomic E-state index is 0.646. The molecule has 0 N–H and O–H groups in total. The fraction of sp³-hybridized carbons (Fsp3) is 0.0588. The van der Waals surface area contributed by atoms with E-state index in [0.29, 0.717) is 5.56 Å². The number of nitrogens with zero attached hydrogens (tertiary/aromatic N) is 2. The molecule has 2 nitrogen and oxygen atoms in total. The summed E-state index contributed by atoms with van der Waals surface area (Å²) in [6, 6.07) is 18.2. The maximum atomic E-state index is 9.48. The highest BCUT2D eigenvalue weighted by molar-refractivity contribution is 5.92. The summed E-state index contributed by atoms with van der Waals surface area (Å²) in [4.78, 5) is 4.49. The van der Waals surface area contributed by atoms with Crippen LogP contribution in [0.1, 0.15) is 11.1 Å². The van der Waals surface area contributed by atoms with Crippen molar-refractivity contribution in [1.82, 2.24) is 4.98 Å². The monoisotopic (exact) mass is 244 g/mol. The van der Waals surface area contributed by atoms with Crippen LogP contribution in [0.25, 0.3) is 22.0 Å². The Morgan fingerprint density at radius 1 is 1.00 bits per heavy atom. The third kappa shape index (κ3) is 1.86. The Bertz CT molecular complexity index is 798. The number of hydrogen-bond donors (Lipinski definition) is 0. The highest BCUT2D eigenvalue weighted by Gasteiger charge is 2.11. The van der Waals surface area contributed by atoms with E-state index in [1.54, 1.807) is 0 Å². The van der Waals surface area contributed by atoms with Gasteiger partial charge in [-0.25, -0.2) is 0 Å². The van der Waals surface area contributed by atoms with Gasteiger partial charge < -0.3 is 0 Å². The molecule has 90 valence electrons. The van der Waals surface area contributed by atoms with E-state index in [2.05, 4.69) is 11.1 Å². The highest BCUT2D eigenvalue weighted by Crippen LogP contribution is 2.29. The summed E-state index contributed by atoms with van der Waals surface area (Å²) in [6.45, 7) is 2.04. The number of nitriles is 1. The van der Waals surface area contributed by atoms with E-state index in [0.717, 1.165) is 27.6 Å². The predicted octanol–water partition coefficient (Wildman–Crippen LogP) is 4.08. The van der Waals surface area contributed by atoms with Gasteiger partial charge >= 0.3 is 0 Å². The molecule has 0 spiro atoms. The Hall–Kier alpha value is -2.66. The zero-order chi connectivity index (χ0) is 13.2. The Morgan fingerprint density at radius 2 is 1.74 bits per heavy atom. The summed E-state index contributed by atoms with van der Waals surface area (Å²) in [5.41, 5.74) is 3.55. The third-order valence-electron chi connectivity index (χ3n) is 3.31. The van der Waals surface area contributed by atoms with Crippen LogP contribution in [0.5, 0.6) is 0 Å². The maximum Gasteiger partial charge on any atom is 0.102 e. The molecule has 0 amide bonds. The maximum absolute atomic E-state index is 9.48. The second kappa shape index (κ2) is 4.55. The minimum Gasteiger partial charge on any atom is -0.254 e. The Kier molecular flexibility index (Phi) is 2.74. The van der Waals surface area contributed by atoms with Crippen LogP contribution in [0.15, 0.2) is 54.7 Å². The molecule has 0 fully saturated rings. The first-order chi connectivity index (χ1) is 9.31. The van der Waals surface area contributed by atoms with Crippen LogP contribution in [0.4, 0.5) is 0 Å². The molecule has 0 saturated heterocycles. The standard InChI is InChI=1S/C17H12N2/c1-12-6-2-4-8-14(12)17-16(10-18)15-9-5-3-7-13(15)11-19-17/h2-9,11H,1H3. The quantitative estimate of drug-likeness (QED) is 0.646. The molecular weight excluding hydrogens is 232 g/mol. The van der Waals surface area contributed by atoms with Gasteiger partial charge in [-0.1, -0.05) is 48.5 Å². The fourth-order valence-electron chi connectivity index (χ4n) is 2.32. The lowest BCUT2D eigenvalue weighted by Gasteiger charge is -2.09. The van der Waals surface area contributed by atoms with Gasteiger partial charge in [0.25, 0.3) is 0 Å². The largest absolute Gasteiger partial charge is 0.254 e. The fourth-order valence-corrected chi connectivity index (χ4v) is 2.32. The number of fused-ring (bicyclic) bond motifs is 1. The summed E-state index contributed by atoms with van der Waals surface area (Å²) in [5, 5.41) is 11.4. The topological polar surface area (TPSA) is 36.7 Å². The zero-order valence-corrected chi connectivity index (χ0v) is 10.6. The summed E-state index contributed by atoms with van der Waals surface area (Å²) in [6.07, 6.45) is 1.83. The van der Waals surface area contributed by atoms with Crippen LogP contribution < -0.4 is 0 Å². The smallest absolute Gasteiger partial charge is 0.102 e. The van der Waals surface area contributed by atoms with Crippen molar-refractivity contribution < 1.29 is 0 Å². The van der Waals surface area contributed by atoms with Crippen LogP contribution in [-0.2, 0) is 0 Å². The number of pyridine rings is 1. The molecule has 2 heteroatoms. The van der Waals surface area contributed by atoms with Crippen LogP contribution in [0.3, 0.4) is 0 Å². The van der Waals surface area contributed by atoms with E-state index in [9.17, 15) is 5.26 Å². The van der Waals surface area contributed by atoms with E-state index >= 15 is 0 Å². The lowest BCUT2D eigenvalue weighted by molar-refractivity contribution is 1.31. The van der Waals surface area contributed by atoms with Crippen molar-refractivity contribution in [2.75, 3.05) is 0 Å². The minimum absolute atomic E-state index is 0.646. The van der Waals surface area contributed by atoms with Crippen molar-refractivity contribution in [2.24, 2.45) is 0 Å². The van der Waals surface area contributed by atoms with Gasteiger partial charge in [0, 0.05) is 22.5 Å². The van der Waals surface area contributed by atoms with E-state index in [-0.39, 0.29) is 0 Å². The number of rotatable bonds is 1. The highest BCUT2D eigenvalue weighted by atomic mass is 14.7. The number of hydrogen-bond acceptors (Lipinski definition) is 2. The Labute approximate surface area is 112 Å². The van der Waals surface area contributed by atoms with Gasteiger partial charge in [0.2, 0.25) is 0 Å². The van der Waals surface area contributed by atoms with Gasteiger partial charge in [-0.05, 0) is 12.5 Å². The molecule has 0 bridgehead atoms. The van der Waals surface area contributed by atoms with Gasteiger partial charge in [0.15, 0.2) is 0 Å². The van der Waals surface area contributed by atoms with Crippen molar-refractivity contribution in [3.8, 4) is 17.3 Å². The lowest BCUT2D eigenvalue weighted by Crippen LogP contribution is -1.93. The van der Waals surface area contributed by atoms with E-state index in [4.69, 9.17) is 0 Å². The Balaban J connectivity index is 2.37. The summed E-state index contributed by atoms with van der Waals surface area (Å²) in [7, 11) is 0.